The third kappa shape index (κ3) is 16.2. The molecule has 1 fully saturated rings. The molecule has 6 aromatic rings. The summed E-state index contributed by atoms with van der Waals surface area (Å²) in [5.74, 6) is -1.01. The Balaban J connectivity index is 0.775. The van der Waals surface area contributed by atoms with Gasteiger partial charge < -0.3 is 49.4 Å². The standard InChI is InChI=1S/C54H63F3N8O10/c1-37(2)75-36-50(68)59-17-16-58-48(66)12-13-49(67)60-18-24-72-26-28-74-30-29-73-27-25-71-23-15-51(69)64-21-19-63(20-22-64)47-11-9-42(33-44(47)54(55,56)57)65-52(70)14-8-40-34-62-46-10-7-38(32-43(46)53(40)65)41-31-39-5-3-4-6-45(39)61-35-41/h3-11,14,31-35,37H,12-13,15-30,36H2,1-2H3,(H,58,66)(H,59,68)(H,60,67). The number of ether oxygens (including phenoxy) is 5. The Morgan fingerprint density at radius 1 is 0.627 bits per heavy atom. The molecule has 3 aromatic carbocycles. The van der Waals surface area contributed by atoms with Crippen molar-refractivity contribution >= 4 is 62.0 Å². The number of alkyl halides is 3. The summed E-state index contributed by atoms with van der Waals surface area (Å²) in [7, 11) is 0. The van der Waals surface area contributed by atoms with Gasteiger partial charge in [-0.25, -0.2) is 0 Å². The molecule has 1 aliphatic heterocycles. The minimum absolute atomic E-state index is 0.0203. The predicted molar refractivity (Wildman–Crippen MR) is 277 cm³/mol. The fourth-order valence-corrected chi connectivity index (χ4v) is 8.38. The summed E-state index contributed by atoms with van der Waals surface area (Å²) in [5, 5.41) is 10.1. The second-order valence-corrected chi connectivity index (χ2v) is 17.9. The fourth-order valence-electron chi connectivity index (χ4n) is 8.38. The van der Waals surface area contributed by atoms with Crippen molar-refractivity contribution in [2.45, 2.75) is 45.4 Å². The number of halogens is 3. The van der Waals surface area contributed by atoms with E-state index >= 15 is 0 Å². The molecule has 21 heteroatoms. The SMILES string of the molecule is CC(C)OCC(=O)NCCNC(=O)CCC(=O)NCCOCCOCCOCCOCCC(=O)N1CCN(c2ccc(-n3c(=O)ccc4cnc5ccc(-c6cnc7ccccc7c6)cc5c43)cc2C(F)(F)F)CC1. The smallest absolute Gasteiger partial charge is 0.379 e. The highest BCUT2D eigenvalue weighted by molar-refractivity contribution is 6.05. The number of amides is 4. The number of nitrogens with zero attached hydrogens (tertiary/aromatic N) is 5. The fraction of sp³-hybridized carbons (Fsp3) is 0.426. The molecule has 4 amide bonds. The molecule has 400 valence electrons. The zero-order valence-electron chi connectivity index (χ0n) is 42.1. The molecule has 1 saturated heterocycles. The number of anilines is 1. The second-order valence-electron chi connectivity index (χ2n) is 17.9. The number of pyridine rings is 3. The molecule has 18 nitrogen and oxygen atoms in total. The van der Waals surface area contributed by atoms with Crippen molar-refractivity contribution in [2.24, 2.45) is 0 Å². The van der Waals surface area contributed by atoms with E-state index in [-0.39, 0.29) is 139 Å². The number of carbonyl (C=O) groups excluding carboxylic acids is 4. The Morgan fingerprint density at radius 2 is 1.27 bits per heavy atom. The summed E-state index contributed by atoms with van der Waals surface area (Å²) >= 11 is 0. The topological polar surface area (TPSA) is 205 Å². The van der Waals surface area contributed by atoms with Crippen molar-refractivity contribution in [3.63, 3.8) is 0 Å². The Morgan fingerprint density at radius 3 is 1.96 bits per heavy atom. The van der Waals surface area contributed by atoms with E-state index < -0.39 is 17.3 Å². The van der Waals surface area contributed by atoms with E-state index in [2.05, 4.69) is 25.9 Å². The summed E-state index contributed by atoms with van der Waals surface area (Å²) in [6.07, 6.45) is -1.28. The number of hydrogen-bond acceptors (Lipinski definition) is 13. The van der Waals surface area contributed by atoms with E-state index in [1.807, 2.05) is 62.4 Å². The third-order valence-corrected chi connectivity index (χ3v) is 12.2. The van der Waals surface area contributed by atoms with Crippen molar-refractivity contribution in [3.05, 3.63) is 107 Å². The molecule has 75 heavy (non-hydrogen) atoms. The molecule has 0 radical (unpaired) electrons. The van der Waals surface area contributed by atoms with Crippen LogP contribution in [0.1, 0.15) is 38.7 Å². The van der Waals surface area contributed by atoms with Crippen LogP contribution in [-0.4, -0.2) is 154 Å². The third-order valence-electron chi connectivity index (χ3n) is 12.2. The van der Waals surface area contributed by atoms with Gasteiger partial charge in [0.2, 0.25) is 23.6 Å². The number of nitrogens with one attached hydrogen (secondary N) is 3. The molecule has 0 atom stereocenters. The van der Waals surface area contributed by atoms with E-state index in [1.165, 1.54) is 22.8 Å². The van der Waals surface area contributed by atoms with Crippen molar-refractivity contribution in [2.75, 3.05) is 110 Å². The Kier molecular flexibility index (Phi) is 20.4. The van der Waals surface area contributed by atoms with Gasteiger partial charge in [0.25, 0.3) is 5.56 Å². The highest BCUT2D eigenvalue weighted by Crippen LogP contribution is 2.39. The Labute approximate surface area is 431 Å². The average molecular weight is 1040 g/mol. The van der Waals surface area contributed by atoms with E-state index in [0.29, 0.717) is 48.2 Å². The highest BCUT2D eigenvalue weighted by Gasteiger charge is 2.36. The molecule has 0 aliphatic carbocycles. The molecule has 7 rings (SSSR count). The van der Waals surface area contributed by atoms with Crippen LogP contribution in [0.25, 0.3) is 49.5 Å². The van der Waals surface area contributed by atoms with Gasteiger partial charge in [0.05, 0.1) is 93.2 Å². The van der Waals surface area contributed by atoms with E-state index in [9.17, 15) is 37.1 Å². The lowest BCUT2D eigenvalue weighted by Crippen LogP contribution is -2.49. The normalized spacial score (nSPS) is 13.0. The summed E-state index contributed by atoms with van der Waals surface area (Å²) < 4.78 is 73.4. The Bertz CT molecular complexity index is 2960. The number of piperazine rings is 1. The van der Waals surface area contributed by atoms with Crippen LogP contribution in [0.15, 0.2) is 96.1 Å². The van der Waals surface area contributed by atoms with Crippen LogP contribution in [0.4, 0.5) is 18.9 Å². The molecular formula is C54H63F3N8O10. The monoisotopic (exact) mass is 1040 g/mol. The molecule has 1 aliphatic rings. The number of rotatable bonds is 27. The van der Waals surface area contributed by atoms with Crippen molar-refractivity contribution < 1.29 is 56.0 Å². The van der Waals surface area contributed by atoms with Crippen LogP contribution < -0.4 is 26.4 Å². The molecule has 0 saturated carbocycles. The lowest BCUT2D eigenvalue weighted by atomic mass is 10.0. The maximum absolute atomic E-state index is 14.9. The first-order valence-electron chi connectivity index (χ1n) is 25.0. The van der Waals surface area contributed by atoms with Gasteiger partial charge in [0.15, 0.2) is 0 Å². The largest absolute Gasteiger partial charge is 0.418 e. The number of benzene rings is 3. The Hall–Kier alpha value is -7.04. The van der Waals surface area contributed by atoms with Crippen LogP contribution in [0.3, 0.4) is 0 Å². The molecule has 0 unspecified atom stereocenters. The van der Waals surface area contributed by atoms with E-state index in [4.69, 9.17) is 23.7 Å². The van der Waals surface area contributed by atoms with Crippen LogP contribution >= 0.6 is 0 Å². The summed E-state index contributed by atoms with van der Waals surface area (Å²) in [4.78, 5) is 74.7. The molecule has 4 heterocycles. The number of para-hydroxylation sites is 1. The maximum Gasteiger partial charge on any atom is 0.418 e. The van der Waals surface area contributed by atoms with Crippen molar-refractivity contribution in [1.82, 2.24) is 35.4 Å². The zero-order chi connectivity index (χ0) is 53.2. The first-order chi connectivity index (χ1) is 36.2. The van der Waals surface area contributed by atoms with Gasteiger partial charge in [0, 0.05) is 105 Å². The van der Waals surface area contributed by atoms with E-state index in [0.717, 1.165) is 28.1 Å². The number of hydrogen-bond donors (Lipinski definition) is 3. The molecule has 3 aromatic heterocycles. The highest BCUT2D eigenvalue weighted by atomic mass is 19.4. The van der Waals surface area contributed by atoms with Gasteiger partial charge in [-0.3, -0.25) is 38.5 Å². The number of aromatic nitrogens is 3. The zero-order valence-corrected chi connectivity index (χ0v) is 42.1. The van der Waals surface area contributed by atoms with Crippen molar-refractivity contribution in [1.29, 1.82) is 0 Å². The van der Waals surface area contributed by atoms with Gasteiger partial charge in [-0.1, -0.05) is 24.3 Å². The van der Waals surface area contributed by atoms with Crippen LogP contribution in [-0.2, 0) is 49.0 Å². The summed E-state index contributed by atoms with van der Waals surface area (Å²) in [5.41, 5.74) is 2.13. The lowest BCUT2D eigenvalue weighted by molar-refractivity contribution is -0.137. The van der Waals surface area contributed by atoms with E-state index in [1.54, 1.807) is 28.3 Å². The van der Waals surface area contributed by atoms with Crippen LogP contribution in [0, 0.1) is 0 Å². The molecule has 0 spiro atoms. The first-order valence-corrected chi connectivity index (χ1v) is 25.0. The molecular weight excluding hydrogens is 978 g/mol. The van der Waals surface area contributed by atoms with Gasteiger partial charge in [-0.05, 0) is 67.9 Å². The van der Waals surface area contributed by atoms with Gasteiger partial charge >= 0.3 is 6.18 Å². The lowest BCUT2D eigenvalue weighted by Gasteiger charge is -2.37. The van der Waals surface area contributed by atoms with Gasteiger partial charge in [-0.15, -0.1) is 0 Å². The molecule has 0 bridgehead atoms. The quantitative estimate of drug-likeness (QED) is 0.0436. The minimum atomic E-state index is -4.75. The van der Waals surface area contributed by atoms with Gasteiger partial charge in [-0.2, -0.15) is 13.2 Å². The van der Waals surface area contributed by atoms with Gasteiger partial charge in [0.1, 0.15) is 6.61 Å². The molecule has 3 N–H and O–H groups in total. The number of carbonyl (C=O) groups is 4. The maximum atomic E-state index is 14.9. The van der Waals surface area contributed by atoms with Crippen LogP contribution in [0.2, 0.25) is 0 Å². The predicted octanol–water partition coefficient (Wildman–Crippen LogP) is 5.43. The second kappa shape index (κ2) is 27.5. The van der Waals surface area contributed by atoms with Crippen LogP contribution in [0.5, 0.6) is 0 Å². The first kappa shape index (κ1) is 55.7. The number of fused-ring (bicyclic) bond motifs is 4. The van der Waals surface area contributed by atoms with Crippen molar-refractivity contribution in [3.8, 4) is 16.8 Å². The summed E-state index contributed by atoms with van der Waals surface area (Å²) in [6, 6.07) is 22.3. The minimum Gasteiger partial charge on any atom is -0.379 e. The summed E-state index contributed by atoms with van der Waals surface area (Å²) in [6.45, 7) is 7.46. The average Bonchev–Trinajstić information content (AvgIpc) is 3.41.